The van der Waals surface area contributed by atoms with Crippen molar-refractivity contribution in [3.63, 3.8) is 0 Å². The van der Waals surface area contributed by atoms with Gasteiger partial charge in [0.1, 0.15) is 12.1 Å². The first-order chi connectivity index (χ1) is 15.8. The molecule has 3 aliphatic heterocycles. The van der Waals surface area contributed by atoms with Crippen molar-refractivity contribution in [3.05, 3.63) is 41.2 Å². The first-order valence-corrected chi connectivity index (χ1v) is 10.6. The molecule has 3 aliphatic rings. The number of nitrogens with zero attached hydrogens (tertiary/aromatic N) is 5. The van der Waals surface area contributed by atoms with Gasteiger partial charge in [-0.3, -0.25) is 24.5 Å². The standard InChI is InChI=1S/C21H20N6O6/c28-17-6-5-15(18(29)22-17)26-9-11-3-4-12(8-13(11)19(26)30)27-10-14(23-24-27)20(31)25-7-1-2-16(25)21(32)33/h3-4,8,10,15-16H,1-2,5-7,9H2,(H,32,33)(H,22,28,29)/t15?,16-/m1/s1. The van der Waals surface area contributed by atoms with Crippen LogP contribution in [-0.2, 0) is 20.9 Å². The first kappa shape index (κ1) is 20.8. The summed E-state index contributed by atoms with van der Waals surface area (Å²) >= 11 is 0. The highest BCUT2D eigenvalue weighted by Crippen LogP contribution is 2.29. The minimum Gasteiger partial charge on any atom is -0.480 e. The molecule has 12 nitrogen and oxygen atoms in total. The number of nitrogens with one attached hydrogen (secondary N) is 1. The van der Waals surface area contributed by atoms with E-state index in [0.717, 1.165) is 5.56 Å². The molecule has 0 aliphatic carbocycles. The lowest BCUT2D eigenvalue weighted by atomic mass is 10.0. The number of hydrogen-bond acceptors (Lipinski definition) is 7. The third-order valence-electron chi connectivity index (χ3n) is 6.29. The van der Waals surface area contributed by atoms with E-state index in [1.54, 1.807) is 18.2 Å². The van der Waals surface area contributed by atoms with Crippen molar-refractivity contribution in [2.24, 2.45) is 0 Å². The van der Waals surface area contributed by atoms with Gasteiger partial charge in [-0.15, -0.1) is 5.10 Å². The van der Waals surface area contributed by atoms with Gasteiger partial charge in [-0.25, -0.2) is 9.48 Å². The Morgan fingerprint density at radius 1 is 1.15 bits per heavy atom. The topological polar surface area (TPSA) is 155 Å². The van der Waals surface area contributed by atoms with Crippen LogP contribution >= 0.6 is 0 Å². The zero-order valence-electron chi connectivity index (χ0n) is 17.4. The molecule has 2 N–H and O–H groups in total. The fraction of sp³-hybridized carbons (Fsp3) is 0.381. The minimum atomic E-state index is -1.05. The van der Waals surface area contributed by atoms with Gasteiger partial charge in [0.05, 0.1) is 11.9 Å². The Bertz CT molecular complexity index is 1210. The molecule has 0 spiro atoms. The van der Waals surface area contributed by atoms with Gasteiger partial charge < -0.3 is 14.9 Å². The van der Waals surface area contributed by atoms with Crippen LogP contribution in [0.15, 0.2) is 24.4 Å². The molecule has 1 unspecified atom stereocenters. The normalized spacial score (nSPS) is 22.5. The summed E-state index contributed by atoms with van der Waals surface area (Å²) in [5, 5.41) is 19.5. The average Bonchev–Trinajstić information content (AvgIpc) is 3.52. The largest absolute Gasteiger partial charge is 0.480 e. The van der Waals surface area contributed by atoms with E-state index in [4.69, 9.17) is 0 Å². The summed E-state index contributed by atoms with van der Waals surface area (Å²) in [6.45, 7) is 0.597. The predicted octanol–water partition coefficient (Wildman–Crippen LogP) is -0.282. The van der Waals surface area contributed by atoms with E-state index >= 15 is 0 Å². The summed E-state index contributed by atoms with van der Waals surface area (Å²) in [6.07, 6.45) is 2.86. The molecule has 1 aromatic carbocycles. The number of carbonyl (C=O) groups is 5. The van der Waals surface area contributed by atoms with Crippen LogP contribution in [0.3, 0.4) is 0 Å². The van der Waals surface area contributed by atoms with E-state index in [9.17, 15) is 29.1 Å². The van der Waals surface area contributed by atoms with Crippen molar-refractivity contribution in [1.82, 2.24) is 30.1 Å². The summed E-state index contributed by atoms with van der Waals surface area (Å²) in [5.74, 6) is -2.70. The van der Waals surface area contributed by atoms with E-state index < -0.39 is 29.9 Å². The van der Waals surface area contributed by atoms with Crippen molar-refractivity contribution >= 4 is 29.6 Å². The first-order valence-electron chi connectivity index (χ1n) is 10.6. The van der Waals surface area contributed by atoms with Crippen LogP contribution in [0, 0.1) is 0 Å². The number of carboxylic acid groups (broad SMARTS) is 1. The Labute approximate surface area is 187 Å². The van der Waals surface area contributed by atoms with Gasteiger partial charge >= 0.3 is 5.97 Å². The summed E-state index contributed by atoms with van der Waals surface area (Å²) in [6, 6.07) is 3.50. The van der Waals surface area contributed by atoms with E-state index in [-0.39, 0.29) is 36.9 Å². The predicted molar refractivity (Wildman–Crippen MR) is 109 cm³/mol. The number of carbonyl (C=O) groups excluding carboxylic acids is 4. The summed E-state index contributed by atoms with van der Waals surface area (Å²) < 4.78 is 1.35. The van der Waals surface area contributed by atoms with Crippen molar-refractivity contribution in [1.29, 1.82) is 0 Å². The van der Waals surface area contributed by atoms with Gasteiger partial charge in [-0.2, -0.15) is 0 Å². The van der Waals surface area contributed by atoms with Crippen molar-refractivity contribution < 1.29 is 29.1 Å². The third kappa shape index (κ3) is 3.52. The fourth-order valence-electron chi connectivity index (χ4n) is 4.59. The van der Waals surface area contributed by atoms with Gasteiger partial charge in [0.2, 0.25) is 11.8 Å². The molecular weight excluding hydrogens is 432 g/mol. The maximum Gasteiger partial charge on any atom is 0.326 e. The molecule has 0 saturated carbocycles. The second-order valence-electron chi connectivity index (χ2n) is 8.28. The fourth-order valence-corrected chi connectivity index (χ4v) is 4.59. The Morgan fingerprint density at radius 2 is 1.97 bits per heavy atom. The summed E-state index contributed by atoms with van der Waals surface area (Å²) in [4.78, 5) is 63.5. The van der Waals surface area contributed by atoms with Crippen molar-refractivity contribution in [2.45, 2.75) is 44.3 Å². The highest BCUT2D eigenvalue weighted by Gasteiger charge is 2.39. The van der Waals surface area contributed by atoms with Gasteiger partial charge in [0.15, 0.2) is 5.69 Å². The number of aromatic nitrogens is 3. The highest BCUT2D eigenvalue weighted by molar-refractivity contribution is 6.05. The third-order valence-corrected chi connectivity index (χ3v) is 6.29. The molecule has 1 aromatic heterocycles. The van der Waals surface area contributed by atoms with Gasteiger partial charge in [0, 0.05) is 25.1 Å². The number of likely N-dealkylation sites (tertiary alicyclic amines) is 1. The second kappa shape index (κ2) is 7.80. The molecule has 0 radical (unpaired) electrons. The maximum atomic E-state index is 13.0. The molecule has 4 heterocycles. The number of fused-ring (bicyclic) bond motifs is 1. The number of imide groups is 1. The average molecular weight is 452 g/mol. The Balaban J connectivity index is 1.36. The number of amides is 4. The molecule has 170 valence electrons. The summed E-state index contributed by atoms with van der Waals surface area (Å²) in [7, 11) is 0. The molecule has 4 amide bonds. The van der Waals surface area contributed by atoms with E-state index in [0.29, 0.717) is 30.6 Å². The second-order valence-corrected chi connectivity index (χ2v) is 8.28. The Kier molecular flexibility index (Phi) is 4.91. The zero-order chi connectivity index (χ0) is 23.3. The number of hydrogen-bond donors (Lipinski definition) is 2. The van der Waals surface area contributed by atoms with E-state index in [1.165, 1.54) is 20.7 Å². The maximum absolute atomic E-state index is 13.0. The number of piperidine rings is 1. The highest BCUT2D eigenvalue weighted by atomic mass is 16.4. The molecule has 2 saturated heterocycles. The number of carboxylic acids is 1. The van der Waals surface area contributed by atoms with Crippen LogP contribution in [0.1, 0.15) is 52.1 Å². The molecule has 2 aromatic rings. The van der Waals surface area contributed by atoms with Crippen molar-refractivity contribution in [3.8, 4) is 5.69 Å². The molecule has 5 rings (SSSR count). The van der Waals surface area contributed by atoms with Crippen LogP contribution in [0.2, 0.25) is 0 Å². The quantitative estimate of drug-likeness (QED) is 0.600. The van der Waals surface area contributed by atoms with Crippen LogP contribution in [-0.4, -0.2) is 78.1 Å². The zero-order valence-corrected chi connectivity index (χ0v) is 17.4. The van der Waals surface area contributed by atoms with Gasteiger partial charge in [0.25, 0.3) is 11.8 Å². The van der Waals surface area contributed by atoms with Crippen LogP contribution < -0.4 is 5.32 Å². The number of rotatable bonds is 4. The van der Waals surface area contributed by atoms with E-state index in [2.05, 4.69) is 15.6 Å². The van der Waals surface area contributed by atoms with Crippen molar-refractivity contribution in [2.75, 3.05) is 6.54 Å². The lowest BCUT2D eigenvalue weighted by molar-refractivity contribution is -0.141. The Hall–Kier alpha value is -4.09. The SMILES string of the molecule is O=C1CCC(N2Cc3ccc(-n4cc(C(=O)N5CCC[C@@H]5C(=O)O)nn4)cc3C2=O)C(=O)N1. The molecule has 0 bridgehead atoms. The van der Waals surface area contributed by atoms with E-state index in [1.807, 2.05) is 0 Å². The molecular formula is C21H20N6O6. The molecule has 2 fully saturated rings. The molecule has 33 heavy (non-hydrogen) atoms. The lowest BCUT2D eigenvalue weighted by Gasteiger charge is -2.29. The minimum absolute atomic E-state index is 0.0140. The molecule has 2 atom stereocenters. The number of aliphatic carboxylic acids is 1. The number of benzene rings is 1. The van der Waals surface area contributed by atoms with Crippen LogP contribution in [0.25, 0.3) is 5.69 Å². The molecule has 12 heteroatoms. The van der Waals surface area contributed by atoms with Crippen LogP contribution in [0.4, 0.5) is 0 Å². The summed E-state index contributed by atoms with van der Waals surface area (Å²) in [5.41, 5.74) is 1.66. The van der Waals surface area contributed by atoms with Gasteiger partial charge in [-0.1, -0.05) is 11.3 Å². The lowest BCUT2D eigenvalue weighted by Crippen LogP contribution is -2.52. The van der Waals surface area contributed by atoms with Gasteiger partial charge in [-0.05, 0) is 37.0 Å². The van der Waals surface area contributed by atoms with Crippen LogP contribution in [0.5, 0.6) is 0 Å². The smallest absolute Gasteiger partial charge is 0.326 e. The Morgan fingerprint density at radius 3 is 2.73 bits per heavy atom. The monoisotopic (exact) mass is 452 g/mol.